The molecule has 1 aromatic rings. The number of nitrogens with two attached hydrogens (primary N) is 2. The number of methoxy groups -OCH3 is 1. The molecule has 0 heterocycles. The van der Waals surface area contributed by atoms with Gasteiger partial charge < -0.3 is 21.3 Å². The summed E-state index contributed by atoms with van der Waals surface area (Å²) in [6.07, 6.45) is 0.376. The van der Waals surface area contributed by atoms with E-state index in [0.717, 1.165) is 0 Å². The van der Waals surface area contributed by atoms with E-state index < -0.39 is 22.0 Å². The molecule has 0 aliphatic heterocycles. The standard InChI is InChI=1S/C13H20N4O5S/c1-22-9-4-6-10(7-5-9)23(20,21)17-11(12(18)19)3-2-8-16-13(14)15/h4-7,11,17H,2-3,8H2,1H3,(H,18,19)(H4,14,15,16). The van der Waals surface area contributed by atoms with Crippen LogP contribution in [-0.4, -0.2) is 45.1 Å². The first-order valence-electron chi connectivity index (χ1n) is 6.71. The van der Waals surface area contributed by atoms with E-state index in [1.165, 1.54) is 31.4 Å². The normalized spacial score (nSPS) is 12.4. The second-order valence-electron chi connectivity index (χ2n) is 4.64. The molecule has 1 atom stereocenters. The molecule has 0 saturated carbocycles. The molecule has 1 aromatic carbocycles. The molecule has 6 N–H and O–H groups in total. The molecule has 0 radical (unpaired) electrons. The Hall–Kier alpha value is -2.33. The number of nitrogens with zero attached hydrogens (tertiary/aromatic N) is 1. The molecule has 0 saturated heterocycles. The largest absolute Gasteiger partial charge is 0.497 e. The molecule has 9 nitrogen and oxygen atoms in total. The van der Waals surface area contributed by atoms with Gasteiger partial charge in [-0.2, -0.15) is 4.72 Å². The Morgan fingerprint density at radius 1 is 1.35 bits per heavy atom. The maximum atomic E-state index is 12.2. The first kappa shape index (κ1) is 18.7. The zero-order valence-corrected chi connectivity index (χ0v) is 13.4. The van der Waals surface area contributed by atoms with E-state index in [1.807, 2.05) is 0 Å². The fourth-order valence-electron chi connectivity index (χ4n) is 1.75. The molecule has 1 rings (SSSR count). The second kappa shape index (κ2) is 8.34. The summed E-state index contributed by atoms with van der Waals surface area (Å²) in [4.78, 5) is 14.9. The van der Waals surface area contributed by atoms with Crippen LogP contribution in [0.2, 0.25) is 0 Å². The quantitative estimate of drug-likeness (QED) is 0.266. The molecule has 23 heavy (non-hydrogen) atoms. The summed E-state index contributed by atoms with van der Waals surface area (Å²) in [5, 5.41) is 9.14. The highest BCUT2D eigenvalue weighted by atomic mass is 32.2. The lowest BCUT2D eigenvalue weighted by atomic mass is 10.2. The summed E-state index contributed by atoms with van der Waals surface area (Å²) < 4.78 is 31.5. The van der Waals surface area contributed by atoms with Crippen molar-refractivity contribution >= 4 is 22.0 Å². The minimum absolute atomic E-state index is 0.0474. The number of carbonyl (C=O) groups is 1. The lowest BCUT2D eigenvalue weighted by Crippen LogP contribution is -2.40. The van der Waals surface area contributed by atoms with Crippen LogP contribution >= 0.6 is 0 Å². The molecule has 1 unspecified atom stereocenters. The summed E-state index contributed by atoms with van der Waals surface area (Å²) >= 11 is 0. The highest BCUT2D eigenvalue weighted by Gasteiger charge is 2.25. The van der Waals surface area contributed by atoms with Gasteiger partial charge in [0.25, 0.3) is 0 Å². The minimum atomic E-state index is -3.95. The van der Waals surface area contributed by atoms with Gasteiger partial charge in [0, 0.05) is 6.54 Å². The van der Waals surface area contributed by atoms with Crippen LogP contribution in [0, 0.1) is 0 Å². The highest BCUT2D eigenvalue weighted by molar-refractivity contribution is 7.89. The Bertz CT molecular complexity index is 653. The predicted octanol–water partition coefficient (Wildman–Crippen LogP) is -0.520. The van der Waals surface area contributed by atoms with Crippen molar-refractivity contribution in [1.29, 1.82) is 0 Å². The van der Waals surface area contributed by atoms with Crippen molar-refractivity contribution in [2.45, 2.75) is 23.8 Å². The number of aliphatic carboxylic acids is 1. The van der Waals surface area contributed by atoms with E-state index in [9.17, 15) is 13.2 Å². The Kier molecular flexibility index (Phi) is 6.79. The zero-order valence-electron chi connectivity index (χ0n) is 12.6. The van der Waals surface area contributed by atoms with Crippen molar-refractivity contribution in [1.82, 2.24) is 4.72 Å². The monoisotopic (exact) mass is 344 g/mol. The minimum Gasteiger partial charge on any atom is -0.497 e. The van der Waals surface area contributed by atoms with Gasteiger partial charge >= 0.3 is 5.97 Å². The number of hydrogen-bond donors (Lipinski definition) is 4. The van der Waals surface area contributed by atoms with E-state index in [1.54, 1.807) is 0 Å². The third-order valence-corrected chi connectivity index (χ3v) is 4.40. The average molecular weight is 344 g/mol. The van der Waals surface area contributed by atoms with Crippen LogP contribution in [0.25, 0.3) is 0 Å². The number of nitrogens with one attached hydrogen (secondary N) is 1. The van der Waals surface area contributed by atoms with E-state index in [0.29, 0.717) is 12.2 Å². The van der Waals surface area contributed by atoms with Gasteiger partial charge in [-0.05, 0) is 37.1 Å². The van der Waals surface area contributed by atoms with E-state index in [-0.39, 0.29) is 23.8 Å². The Labute approximate surface area is 134 Å². The van der Waals surface area contributed by atoms with Crippen LogP contribution in [0.15, 0.2) is 34.2 Å². The average Bonchev–Trinajstić information content (AvgIpc) is 2.49. The first-order valence-corrected chi connectivity index (χ1v) is 8.19. The van der Waals surface area contributed by atoms with Crippen molar-refractivity contribution in [2.75, 3.05) is 13.7 Å². The summed E-state index contributed by atoms with van der Waals surface area (Å²) in [7, 11) is -2.50. The molecule has 0 spiro atoms. The molecule has 0 aromatic heterocycles. The van der Waals surface area contributed by atoms with Crippen LogP contribution in [0.4, 0.5) is 0 Å². The Balaban J connectivity index is 2.77. The molecule has 0 fully saturated rings. The van der Waals surface area contributed by atoms with Crippen molar-refractivity contribution in [2.24, 2.45) is 16.5 Å². The van der Waals surface area contributed by atoms with Gasteiger partial charge in [-0.25, -0.2) is 8.42 Å². The molecule has 0 bridgehead atoms. The third kappa shape index (κ3) is 6.12. The van der Waals surface area contributed by atoms with Gasteiger partial charge in [0.1, 0.15) is 11.8 Å². The number of rotatable bonds is 9. The zero-order chi connectivity index (χ0) is 17.5. The number of sulfonamides is 1. The number of aliphatic imine (C=N–C) groups is 1. The smallest absolute Gasteiger partial charge is 0.321 e. The number of guanidine groups is 1. The van der Waals surface area contributed by atoms with Crippen molar-refractivity contribution in [3.05, 3.63) is 24.3 Å². The first-order chi connectivity index (χ1) is 10.8. The van der Waals surface area contributed by atoms with E-state index in [4.69, 9.17) is 21.3 Å². The summed E-state index contributed by atoms with van der Waals surface area (Å²) in [5.74, 6) is -0.876. The number of carboxylic acids is 1. The molecule has 0 aliphatic carbocycles. The van der Waals surface area contributed by atoms with Crippen LogP contribution in [0.5, 0.6) is 5.75 Å². The highest BCUT2D eigenvalue weighted by Crippen LogP contribution is 2.16. The topological polar surface area (TPSA) is 157 Å². The lowest BCUT2D eigenvalue weighted by Gasteiger charge is -2.14. The number of hydrogen-bond acceptors (Lipinski definition) is 5. The maximum Gasteiger partial charge on any atom is 0.321 e. The fraction of sp³-hybridized carbons (Fsp3) is 0.385. The Morgan fingerprint density at radius 3 is 2.43 bits per heavy atom. The van der Waals surface area contributed by atoms with Crippen LogP contribution in [0.1, 0.15) is 12.8 Å². The molecular formula is C13H20N4O5S. The van der Waals surface area contributed by atoms with E-state index >= 15 is 0 Å². The predicted molar refractivity (Wildman–Crippen MR) is 84.7 cm³/mol. The van der Waals surface area contributed by atoms with Crippen molar-refractivity contribution in [3.8, 4) is 5.75 Å². The second-order valence-corrected chi connectivity index (χ2v) is 6.35. The molecule has 0 amide bonds. The number of ether oxygens (including phenoxy) is 1. The number of carboxylic acid groups (broad SMARTS) is 1. The summed E-state index contributed by atoms with van der Waals surface area (Å²) in [6.45, 7) is 0.219. The van der Waals surface area contributed by atoms with Crippen molar-refractivity contribution < 1.29 is 23.1 Å². The van der Waals surface area contributed by atoms with Crippen LogP contribution in [-0.2, 0) is 14.8 Å². The van der Waals surface area contributed by atoms with Crippen molar-refractivity contribution in [3.63, 3.8) is 0 Å². The van der Waals surface area contributed by atoms with Gasteiger partial charge in [-0.1, -0.05) is 0 Å². The van der Waals surface area contributed by atoms with Crippen LogP contribution in [0.3, 0.4) is 0 Å². The Morgan fingerprint density at radius 2 is 1.96 bits per heavy atom. The van der Waals surface area contributed by atoms with Gasteiger partial charge in [-0.3, -0.25) is 9.79 Å². The van der Waals surface area contributed by atoms with Gasteiger partial charge in [-0.15, -0.1) is 0 Å². The van der Waals surface area contributed by atoms with Gasteiger partial charge in [0.2, 0.25) is 10.0 Å². The van der Waals surface area contributed by atoms with Crippen LogP contribution < -0.4 is 20.9 Å². The molecular weight excluding hydrogens is 324 g/mol. The fourth-order valence-corrected chi connectivity index (χ4v) is 2.97. The SMILES string of the molecule is COc1ccc(S(=O)(=O)NC(CCCN=C(N)N)C(=O)O)cc1. The van der Waals surface area contributed by atoms with Gasteiger partial charge in [0.15, 0.2) is 5.96 Å². The molecule has 10 heteroatoms. The number of benzene rings is 1. The van der Waals surface area contributed by atoms with Gasteiger partial charge in [0.05, 0.1) is 12.0 Å². The van der Waals surface area contributed by atoms with E-state index in [2.05, 4.69) is 9.71 Å². The molecule has 128 valence electrons. The maximum absolute atomic E-state index is 12.2. The molecule has 0 aliphatic rings. The lowest BCUT2D eigenvalue weighted by molar-refractivity contribution is -0.139. The summed E-state index contributed by atoms with van der Waals surface area (Å²) in [6, 6.07) is 4.35. The summed E-state index contributed by atoms with van der Waals surface area (Å²) in [5.41, 5.74) is 10.3. The third-order valence-electron chi connectivity index (χ3n) is 2.91.